The van der Waals surface area contributed by atoms with Crippen LogP contribution in [0, 0.1) is 5.82 Å². The van der Waals surface area contributed by atoms with Gasteiger partial charge in [0.1, 0.15) is 11.6 Å². The van der Waals surface area contributed by atoms with Gasteiger partial charge in [-0.05, 0) is 36.1 Å². The van der Waals surface area contributed by atoms with Crippen molar-refractivity contribution in [2.24, 2.45) is 0 Å². The second kappa shape index (κ2) is 15.6. The molecule has 0 spiro atoms. The van der Waals surface area contributed by atoms with Crippen LogP contribution in [-0.2, 0) is 16.1 Å². The zero-order valence-corrected chi connectivity index (χ0v) is 22.0. The summed E-state index contributed by atoms with van der Waals surface area (Å²) in [7, 11) is 2.58. The van der Waals surface area contributed by atoms with E-state index in [0.717, 1.165) is 35.1 Å². The minimum atomic E-state index is -0.975. The number of aliphatic hydroxyl groups excluding tert-OH is 4. The second-order valence-electron chi connectivity index (χ2n) is 9.05. The third-order valence-corrected chi connectivity index (χ3v) is 5.63. The quantitative estimate of drug-likeness (QED) is 0.345. The van der Waals surface area contributed by atoms with Gasteiger partial charge in [0.25, 0.3) is 0 Å². The summed E-state index contributed by atoms with van der Waals surface area (Å²) < 4.78 is 19.2. The summed E-state index contributed by atoms with van der Waals surface area (Å²) in [6.45, 7) is 7.43. The molecule has 1 heterocycles. The highest BCUT2D eigenvalue weighted by Crippen LogP contribution is 2.38. The molecule has 0 aliphatic carbocycles. The fourth-order valence-electron chi connectivity index (χ4n) is 4.00. The number of rotatable bonds is 12. The van der Waals surface area contributed by atoms with Gasteiger partial charge in [-0.2, -0.15) is 0 Å². The molecule has 0 radical (unpaired) electrons. The Labute approximate surface area is 213 Å². The van der Waals surface area contributed by atoms with Crippen LogP contribution < -0.4 is 0 Å². The van der Waals surface area contributed by atoms with E-state index < -0.39 is 12.2 Å². The number of Topliss-reactive ketones (excluding diaryl/α,β-unsaturated/α-hetero) is 1. The van der Waals surface area contributed by atoms with Gasteiger partial charge in [0.2, 0.25) is 0 Å². The smallest absolute Gasteiger partial charge is 0.132 e. The third kappa shape index (κ3) is 8.87. The third-order valence-electron chi connectivity index (χ3n) is 5.63. The van der Waals surface area contributed by atoms with Gasteiger partial charge in [0.15, 0.2) is 0 Å². The largest absolute Gasteiger partial charge is 0.400 e. The predicted molar refractivity (Wildman–Crippen MR) is 139 cm³/mol. The Bertz CT molecular complexity index is 991. The Hall–Kier alpha value is -2.49. The topological polar surface area (TPSA) is 120 Å². The molecular formula is C28H40FNO6. The van der Waals surface area contributed by atoms with Crippen LogP contribution in [-0.4, -0.2) is 64.2 Å². The van der Waals surface area contributed by atoms with Crippen LogP contribution in [0.1, 0.15) is 74.9 Å². The summed E-state index contributed by atoms with van der Waals surface area (Å²) in [5.74, 6) is -0.731. The molecule has 7 nitrogen and oxygen atoms in total. The van der Waals surface area contributed by atoms with Gasteiger partial charge in [-0.3, -0.25) is 9.78 Å². The second-order valence-corrected chi connectivity index (χ2v) is 9.05. The van der Waals surface area contributed by atoms with Crippen LogP contribution in [0.2, 0.25) is 0 Å². The predicted octanol–water partition coefficient (Wildman–Crippen LogP) is 3.97. The maximum Gasteiger partial charge on any atom is 0.132 e. The number of aromatic nitrogens is 1. The molecule has 4 N–H and O–H groups in total. The number of carbonyl (C=O) groups excluding carboxylic acids is 1. The van der Waals surface area contributed by atoms with Crippen molar-refractivity contribution in [2.75, 3.05) is 20.8 Å². The van der Waals surface area contributed by atoms with E-state index in [1.807, 2.05) is 20.8 Å². The number of pyridine rings is 1. The van der Waals surface area contributed by atoms with Gasteiger partial charge >= 0.3 is 0 Å². The highest BCUT2D eigenvalue weighted by molar-refractivity contribution is 5.80. The molecule has 2 unspecified atom stereocenters. The summed E-state index contributed by atoms with van der Waals surface area (Å²) >= 11 is 0. The highest BCUT2D eigenvalue weighted by Gasteiger charge is 2.24. The highest BCUT2D eigenvalue weighted by atomic mass is 19.1. The Morgan fingerprint density at radius 3 is 2.22 bits per heavy atom. The number of hydrogen-bond donors (Lipinski definition) is 4. The minimum absolute atomic E-state index is 0.0144. The lowest BCUT2D eigenvalue weighted by molar-refractivity contribution is -0.119. The number of ketones is 1. The lowest BCUT2D eigenvalue weighted by Gasteiger charge is -2.24. The van der Waals surface area contributed by atoms with Gasteiger partial charge in [0, 0.05) is 44.1 Å². The number of hydrogen-bond acceptors (Lipinski definition) is 7. The molecule has 0 saturated heterocycles. The van der Waals surface area contributed by atoms with Crippen LogP contribution in [0.3, 0.4) is 0 Å². The average molecular weight is 506 g/mol. The molecule has 0 amide bonds. The first-order valence-electron chi connectivity index (χ1n) is 12.0. The van der Waals surface area contributed by atoms with Gasteiger partial charge in [-0.1, -0.05) is 45.1 Å². The van der Waals surface area contributed by atoms with Crippen LogP contribution in [0.15, 0.2) is 30.3 Å². The summed E-state index contributed by atoms with van der Waals surface area (Å²) in [5, 5.41) is 37.4. The van der Waals surface area contributed by atoms with E-state index in [1.165, 1.54) is 19.1 Å². The molecule has 200 valence electrons. The van der Waals surface area contributed by atoms with E-state index in [9.17, 15) is 24.5 Å². The summed E-state index contributed by atoms with van der Waals surface area (Å²) in [6.07, 6.45) is 1.43. The molecule has 0 aliphatic rings. The van der Waals surface area contributed by atoms with Crippen LogP contribution in [0.25, 0.3) is 17.2 Å². The van der Waals surface area contributed by atoms with Gasteiger partial charge in [-0.25, -0.2) is 4.39 Å². The van der Waals surface area contributed by atoms with Crippen molar-refractivity contribution in [3.8, 4) is 11.1 Å². The standard InChI is InChI=1S/C27H36FNO5.CH4O/c1-16(2)26-23(11-10-21(32)13-22(33)12-18(4)31)25(19-6-8-20(28)9-7-19)24(15-34-5)27(29-26)17(3)14-30;1-2/h6-11,16-17,21-22,30,32-33H,12-15H2,1-5H3;2H,1H3/b11-10+;/t17-,21?,22?;/m1./s1. The molecule has 2 aromatic rings. The molecule has 0 saturated carbocycles. The summed E-state index contributed by atoms with van der Waals surface area (Å²) in [6, 6.07) is 6.14. The van der Waals surface area contributed by atoms with E-state index in [-0.39, 0.29) is 49.5 Å². The van der Waals surface area contributed by atoms with Gasteiger partial charge in [-0.15, -0.1) is 0 Å². The monoisotopic (exact) mass is 505 g/mol. The number of ether oxygens (including phenoxy) is 1. The SMILES string of the molecule is CO.COCc1c([C@H](C)CO)nc(C(C)C)c(/C=C/C(O)CC(O)CC(C)=O)c1-c1ccc(F)cc1. The van der Waals surface area contributed by atoms with Crippen LogP contribution >= 0.6 is 0 Å². The first-order valence-corrected chi connectivity index (χ1v) is 12.0. The molecule has 0 bridgehead atoms. The average Bonchev–Trinajstić information content (AvgIpc) is 2.83. The molecule has 0 fully saturated rings. The first-order chi connectivity index (χ1) is 17.1. The molecular weight excluding hydrogens is 465 g/mol. The van der Waals surface area contributed by atoms with E-state index in [1.54, 1.807) is 31.4 Å². The Morgan fingerprint density at radius 2 is 1.72 bits per heavy atom. The number of aliphatic hydroxyl groups is 4. The lowest BCUT2D eigenvalue weighted by Crippen LogP contribution is -2.18. The maximum absolute atomic E-state index is 13.7. The fraction of sp³-hybridized carbons (Fsp3) is 0.500. The fourth-order valence-corrected chi connectivity index (χ4v) is 4.00. The normalized spacial score (nSPS) is 13.9. The van der Waals surface area contributed by atoms with E-state index >= 15 is 0 Å². The Morgan fingerprint density at radius 1 is 1.11 bits per heavy atom. The lowest BCUT2D eigenvalue weighted by atomic mass is 9.86. The number of carbonyl (C=O) groups is 1. The van der Waals surface area contributed by atoms with Crippen molar-refractivity contribution in [1.29, 1.82) is 0 Å². The van der Waals surface area contributed by atoms with Gasteiger partial charge < -0.3 is 25.2 Å². The van der Waals surface area contributed by atoms with Gasteiger partial charge in [0.05, 0.1) is 36.8 Å². The maximum atomic E-state index is 13.7. The zero-order valence-electron chi connectivity index (χ0n) is 22.0. The number of methoxy groups -OCH3 is 1. The van der Waals surface area contributed by atoms with Crippen molar-refractivity contribution in [2.45, 2.75) is 71.2 Å². The molecule has 3 atom stereocenters. The zero-order chi connectivity index (χ0) is 27.4. The van der Waals surface area contributed by atoms with Crippen molar-refractivity contribution < 1.29 is 34.3 Å². The number of nitrogens with zero attached hydrogens (tertiary/aromatic N) is 1. The van der Waals surface area contributed by atoms with Crippen molar-refractivity contribution in [3.63, 3.8) is 0 Å². The van der Waals surface area contributed by atoms with Crippen LogP contribution in [0.5, 0.6) is 0 Å². The molecule has 1 aromatic carbocycles. The van der Waals surface area contributed by atoms with E-state index in [2.05, 4.69) is 0 Å². The van der Waals surface area contributed by atoms with Crippen molar-refractivity contribution in [1.82, 2.24) is 4.98 Å². The Kier molecular flexibility index (Phi) is 13.7. The molecule has 2 rings (SSSR count). The minimum Gasteiger partial charge on any atom is -0.400 e. The van der Waals surface area contributed by atoms with E-state index in [4.69, 9.17) is 14.8 Å². The molecule has 1 aromatic heterocycles. The van der Waals surface area contributed by atoms with Crippen LogP contribution in [0.4, 0.5) is 4.39 Å². The molecule has 8 heteroatoms. The summed E-state index contributed by atoms with van der Waals surface area (Å²) in [5.41, 5.74) is 4.57. The summed E-state index contributed by atoms with van der Waals surface area (Å²) in [4.78, 5) is 16.1. The molecule has 36 heavy (non-hydrogen) atoms. The van der Waals surface area contributed by atoms with Crippen molar-refractivity contribution in [3.05, 3.63) is 58.7 Å². The van der Waals surface area contributed by atoms with E-state index in [0.29, 0.717) is 5.69 Å². The first kappa shape index (κ1) is 31.5. The van der Waals surface area contributed by atoms with Crippen molar-refractivity contribution >= 4 is 11.9 Å². The number of halogens is 1. The number of benzene rings is 1. The molecule has 0 aliphatic heterocycles. The Balaban J connectivity index is 0.00000316.